The number of carbonyl (C=O) groups excluding carboxylic acids is 1. The summed E-state index contributed by atoms with van der Waals surface area (Å²) in [5.41, 5.74) is 2.20. The van der Waals surface area contributed by atoms with E-state index in [1.807, 2.05) is 0 Å². The summed E-state index contributed by atoms with van der Waals surface area (Å²) in [6, 6.07) is 5.23. The molecule has 4 rings (SSSR count). The molecule has 142 valence electrons. The highest BCUT2D eigenvalue weighted by Gasteiger charge is 2.19. The Morgan fingerprint density at radius 2 is 2.11 bits per heavy atom. The van der Waals surface area contributed by atoms with Crippen LogP contribution in [0.1, 0.15) is 10.4 Å². The first-order chi connectivity index (χ1) is 13.3. The summed E-state index contributed by atoms with van der Waals surface area (Å²) in [6.45, 7) is 0.0318. The first kappa shape index (κ1) is 17.9. The molecule has 28 heavy (non-hydrogen) atoms. The smallest absolute Gasteiger partial charge is 0.339 e. The molecule has 0 saturated heterocycles. The van der Waals surface area contributed by atoms with Gasteiger partial charge in [-0.3, -0.25) is 9.48 Å². The van der Waals surface area contributed by atoms with E-state index in [0.29, 0.717) is 27.6 Å². The van der Waals surface area contributed by atoms with Crippen LogP contribution in [0.3, 0.4) is 0 Å². The highest BCUT2D eigenvalue weighted by atomic mass is 35.5. The van der Waals surface area contributed by atoms with Gasteiger partial charge in [0.25, 0.3) is 0 Å². The summed E-state index contributed by atoms with van der Waals surface area (Å²) in [4.78, 5) is 36.5. The fourth-order valence-electron chi connectivity index (χ4n) is 2.89. The van der Waals surface area contributed by atoms with E-state index in [2.05, 4.69) is 20.1 Å². The SMILES string of the molecule is CN(C)C(=O)Cn1nc(-c2cnc3[nH]cc(C(=O)O)c3n2)c2ccc(Cl)cc21. The van der Waals surface area contributed by atoms with Crippen molar-refractivity contribution in [2.45, 2.75) is 6.54 Å². The summed E-state index contributed by atoms with van der Waals surface area (Å²) >= 11 is 6.13. The number of fused-ring (bicyclic) bond motifs is 2. The molecule has 0 saturated carbocycles. The number of aromatic amines is 1. The van der Waals surface area contributed by atoms with E-state index < -0.39 is 5.97 Å². The third-order valence-corrected chi connectivity index (χ3v) is 4.59. The van der Waals surface area contributed by atoms with Gasteiger partial charge in [-0.2, -0.15) is 5.10 Å². The number of nitrogens with one attached hydrogen (secondary N) is 1. The zero-order valence-corrected chi connectivity index (χ0v) is 15.7. The van der Waals surface area contributed by atoms with Crippen molar-refractivity contribution < 1.29 is 14.7 Å². The molecule has 1 amide bonds. The molecule has 10 heteroatoms. The quantitative estimate of drug-likeness (QED) is 0.545. The van der Waals surface area contributed by atoms with Crippen molar-refractivity contribution in [3.63, 3.8) is 0 Å². The molecule has 3 aromatic heterocycles. The van der Waals surface area contributed by atoms with Crippen molar-refractivity contribution in [2.24, 2.45) is 0 Å². The van der Waals surface area contributed by atoms with Gasteiger partial charge in [0.1, 0.15) is 29.0 Å². The second kappa shape index (κ2) is 6.61. The number of halogens is 1. The summed E-state index contributed by atoms with van der Waals surface area (Å²) < 4.78 is 1.56. The van der Waals surface area contributed by atoms with Crippen molar-refractivity contribution >= 4 is 45.5 Å². The Morgan fingerprint density at radius 1 is 1.32 bits per heavy atom. The summed E-state index contributed by atoms with van der Waals surface area (Å²) in [5, 5.41) is 15.1. The molecular weight excluding hydrogens is 384 g/mol. The lowest BCUT2D eigenvalue weighted by atomic mass is 10.1. The summed E-state index contributed by atoms with van der Waals surface area (Å²) in [5.74, 6) is -1.23. The van der Waals surface area contributed by atoms with Crippen LogP contribution in [0.2, 0.25) is 5.02 Å². The molecule has 0 bridgehead atoms. The van der Waals surface area contributed by atoms with E-state index in [0.717, 1.165) is 5.39 Å². The van der Waals surface area contributed by atoms with E-state index in [1.165, 1.54) is 17.3 Å². The van der Waals surface area contributed by atoms with Gasteiger partial charge in [0.15, 0.2) is 5.65 Å². The number of carbonyl (C=O) groups is 2. The van der Waals surface area contributed by atoms with Gasteiger partial charge in [-0.05, 0) is 18.2 Å². The molecule has 0 aliphatic carbocycles. The number of rotatable bonds is 4. The number of hydrogen-bond acceptors (Lipinski definition) is 5. The van der Waals surface area contributed by atoms with Crippen molar-refractivity contribution in [2.75, 3.05) is 14.1 Å². The number of H-pyrrole nitrogens is 1. The molecule has 0 unspecified atom stereocenters. The lowest BCUT2D eigenvalue weighted by Crippen LogP contribution is -2.26. The van der Waals surface area contributed by atoms with E-state index in [4.69, 9.17) is 11.6 Å². The normalized spacial score (nSPS) is 11.2. The van der Waals surface area contributed by atoms with Crippen LogP contribution in [0, 0.1) is 0 Å². The van der Waals surface area contributed by atoms with E-state index >= 15 is 0 Å². The molecule has 0 fully saturated rings. The number of carboxylic acid groups (broad SMARTS) is 1. The number of benzene rings is 1. The average molecular weight is 399 g/mol. The highest BCUT2D eigenvalue weighted by Crippen LogP contribution is 2.30. The van der Waals surface area contributed by atoms with Crippen molar-refractivity contribution in [3.05, 3.63) is 41.2 Å². The third kappa shape index (κ3) is 2.95. The average Bonchev–Trinajstić information content (AvgIpc) is 3.22. The number of amides is 1. The maximum absolute atomic E-state index is 12.2. The van der Waals surface area contributed by atoms with Crippen LogP contribution >= 0.6 is 11.6 Å². The minimum atomic E-state index is -1.10. The summed E-state index contributed by atoms with van der Waals surface area (Å²) in [7, 11) is 3.33. The number of nitrogens with zero attached hydrogens (tertiary/aromatic N) is 5. The molecule has 4 aromatic rings. The van der Waals surface area contributed by atoms with Gasteiger partial charge in [0, 0.05) is 30.7 Å². The number of aromatic carboxylic acids is 1. The Morgan fingerprint density at radius 3 is 2.82 bits per heavy atom. The van der Waals surface area contributed by atoms with Gasteiger partial charge in [-0.15, -0.1) is 0 Å². The lowest BCUT2D eigenvalue weighted by Gasteiger charge is -2.10. The standard InChI is InChI=1S/C18H15ClN6O3/c1-24(2)14(26)8-25-13-5-9(19)3-4-10(13)15(23-25)12-7-21-17-16(22-12)11(6-20-17)18(27)28/h3-7H,8H2,1-2H3,(H,20,21)(H,27,28). The maximum atomic E-state index is 12.2. The van der Waals surface area contributed by atoms with Crippen LogP contribution in [0.5, 0.6) is 0 Å². The predicted octanol–water partition coefficient (Wildman–Crippen LogP) is 2.41. The second-order valence-corrected chi connectivity index (χ2v) is 6.85. The Labute approximate surface area is 163 Å². The fourth-order valence-corrected chi connectivity index (χ4v) is 3.06. The zero-order valence-electron chi connectivity index (χ0n) is 15.0. The van der Waals surface area contributed by atoms with Crippen molar-refractivity contribution in [1.29, 1.82) is 0 Å². The minimum absolute atomic E-state index is 0.0268. The van der Waals surface area contributed by atoms with Gasteiger partial charge in [0.05, 0.1) is 11.7 Å². The minimum Gasteiger partial charge on any atom is -0.478 e. The summed E-state index contributed by atoms with van der Waals surface area (Å²) in [6.07, 6.45) is 2.86. The van der Waals surface area contributed by atoms with Crippen molar-refractivity contribution in [3.8, 4) is 11.4 Å². The number of hydrogen-bond donors (Lipinski definition) is 2. The molecule has 9 nitrogen and oxygen atoms in total. The Bertz CT molecular complexity index is 1240. The Balaban J connectivity index is 1.91. The predicted molar refractivity (Wildman–Crippen MR) is 103 cm³/mol. The third-order valence-electron chi connectivity index (χ3n) is 4.35. The first-order valence-electron chi connectivity index (χ1n) is 8.29. The zero-order chi connectivity index (χ0) is 20.0. The highest BCUT2D eigenvalue weighted by molar-refractivity contribution is 6.31. The number of likely N-dealkylation sites (N-methyl/N-ethyl adjacent to an activating group) is 1. The molecular formula is C18H15ClN6O3. The van der Waals surface area contributed by atoms with Crippen LogP contribution in [-0.4, -0.2) is 60.7 Å². The lowest BCUT2D eigenvalue weighted by molar-refractivity contribution is -0.129. The molecule has 1 aromatic carbocycles. The Hall–Kier alpha value is -3.46. The van der Waals surface area contributed by atoms with Gasteiger partial charge in [-0.1, -0.05) is 11.6 Å². The fraction of sp³-hybridized carbons (Fsp3) is 0.167. The molecule has 0 atom stereocenters. The van der Waals surface area contributed by atoms with E-state index in [9.17, 15) is 14.7 Å². The topological polar surface area (TPSA) is 117 Å². The molecule has 0 aliphatic rings. The van der Waals surface area contributed by atoms with Crippen LogP contribution in [0.25, 0.3) is 33.5 Å². The molecule has 3 heterocycles. The van der Waals surface area contributed by atoms with Crippen LogP contribution in [-0.2, 0) is 11.3 Å². The molecule has 0 radical (unpaired) electrons. The van der Waals surface area contributed by atoms with Crippen molar-refractivity contribution in [1.82, 2.24) is 29.6 Å². The van der Waals surface area contributed by atoms with Crippen LogP contribution in [0.15, 0.2) is 30.6 Å². The maximum Gasteiger partial charge on any atom is 0.339 e. The molecule has 0 spiro atoms. The number of carboxylic acids is 1. The van der Waals surface area contributed by atoms with Crippen LogP contribution in [0.4, 0.5) is 0 Å². The van der Waals surface area contributed by atoms with E-state index in [-0.39, 0.29) is 23.5 Å². The van der Waals surface area contributed by atoms with Gasteiger partial charge in [-0.25, -0.2) is 14.8 Å². The first-order valence-corrected chi connectivity index (χ1v) is 8.67. The van der Waals surface area contributed by atoms with Gasteiger partial charge < -0.3 is 15.0 Å². The molecule has 0 aliphatic heterocycles. The second-order valence-electron chi connectivity index (χ2n) is 6.42. The van der Waals surface area contributed by atoms with Crippen LogP contribution < -0.4 is 0 Å². The Kier molecular flexibility index (Phi) is 4.23. The van der Waals surface area contributed by atoms with Gasteiger partial charge in [0.2, 0.25) is 5.91 Å². The largest absolute Gasteiger partial charge is 0.478 e. The monoisotopic (exact) mass is 398 g/mol. The van der Waals surface area contributed by atoms with Gasteiger partial charge >= 0.3 is 5.97 Å². The molecule has 2 N–H and O–H groups in total. The van der Waals surface area contributed by atoms with E-state index in [1.54, 1.807) is 37.0 Å². The number of aromatic nitrogens is 5.